The van der Waals surface area contributed by atoms with E-state index in [0.29, 0.717) is 44.3 Å². The lowest BCUT2D eigenvalue weighted by atomic mass is 10.1. The minimum absolute atomic E-state index is 0.125. The number of benzene rings is 1. The molecule has 1 atom stereocenters. The highest BCUT2D eigenvalue weighted by molar-refractivity contribution is 5.93. The average molecular weight is 383 g/mol. The molecule has 8 nitrogen and oxygen atoms in total. The van der Waals surface area contributed by atoms with E-state index >= 15 is 0 Å². The first-order valence-corrected chi connectivity index (χ1v) is 9.43. The van der Waals surface area contributed by atoms with Gasteiger partial charge in [-0.2, -0.15) is 0 Å². The van der Waals surface area contributed by atoms with Crippen molar-refractivity contribution in [2.24, 2.45) is 0 Å². The third-order valence-corrected chi connectivity index (χ3v) is 4.66. The normalized spacial score (nSPS) is 15.1. The number of carbonyl (C=O) groups excluding carboxylic acids is 2. The number of ether oxygens (including phenoxy) is 1. The first-order valence-electron chi connectivity index (χ1n) is 9.43. The van der Waals surface area contributed by atoms with Gasteiger partial charge in [0.05, 0.1) is 12.6 Å². The molecule has 1 saturated heterocycles. The highest BCUT2D eigenvalue weighted by Gasteiger charge is 2.23. The molecule has 2 amide bonds. The van der Waals surface area contributed by atoms with Crippen LogP contribution in [0.1, 0.15) is 35.9 Å². The highest BCUT2D eigenvalue weighted by Crippen LogP contribution is 2.16. The van der Waals surface area contributed by atoms with Gasteiger partial charge in [-0.15, -0.1) is 0 Å². The summed E-state index contributed by atoms with van der Waals surface area (Å²) in [5.41, 5.74) is 1.35. The van der Waals surface area contributed by atoms with E-state index in [0.717, 1.165) is 5.56 Å². The minimum atomic E-state index is -0.292. The second kappa shape index (κ2) is 9.16. The van der Waals surface area contributed by atoms with Gasteiger partial charge < -0.3 is 19.9 Å². The van der Waals surface area contributed by atoms with Crippen molar-refractivity contribution < 1.29 is 14.3 Å². The Kier molecular flexibility index (Phi) is 6.41. The molecule has 1 aromatic carbocycles. The van der Waals surface area contributed by atoms with Gasteiger partial charge in [-0.3, -0.25) is 4.79 Å². The van der Waals surface area contributed by atoms with Crippen LogP contribution in [0.25, 0.3) is 0 Å². The van der Waals surface area contributed by atoms with Gasteiger partial charge >= 0.3 is 6.09 Å². The smallest absolute Gasteiger partial charge is 0.409 e. The molecular formula is C20H25N5O3. The monoisotopic (exact) mass is 383 g/mol. The molecule has 3 rings (SSSR count). The van der Waals surface area contributed by atoms with Crippen LogP contribution in [0.15, 0.2) is 42.7 Å². The van der Waals surface area contributed by atoms with E-state index in [9.17, 15) is 9.59 Å². The van der Waals surface area contributed by atoms with Crippen LogP contribution < -0.4 is 10.2 Å². The van der Waals surface area contributed by atoms with Crippen LogP contribution in [-0.2, 0) is 4.74 Å². The van der Waals surface area contributed by atoms with Crippen LogP contribution >= 0.6 is 0 Å². The van der Waals surface area contributed by atoms with E-state index < -0.39 is 0 Å². The Morgan fingerprint density at radius 3 is 2.54 bits per heavy atom. The molecule has 0 radical (unpaired) electrons. The van der Waals surface area contributed by atoms with E-state index in [1.54, 1.807) is 17.9 Å². The third kappa shape index (κ3) is 4.76. The van der Waals surface area contributed by atoms with E-state index in [4.69, 9.17) is 4.74 Å². The third-order valence-electron chi connectivity index (χ3n) is 4.66. The second-order valence-corrected chi connectivity index (χ2v) is 6.54. The number of hydrogen-bond acceptors (Lipinski definition) is 6. The SMILES string of the molecule is CCOC(=O)N1CCN(c2cc(C(=O)NC(C)c3ccccc3)ncn2)CC1. The molecule has 0 spiro atoms. The number of piperazine rings is 1. The lowest BCUT2D eigenvalue weighted by Crippen LogP contribution is -2.49. The summed E-state index contributed by atoms with van der Waals surface area (Å²) in [7, 11) is 0. The Bertz CT molecular complexity index is 806. The number of aromatic nitrogens is 2. The molecule has 1 unspecified atom stereocenters. The lowest BCUT2D eigenvalue weighted by molar-refractivity contribution is 0.0934. The number of anilines is 1. The molecule has 1 N–H and O–H groups in total. The number of nitrogens with zero attached hydrogens (tertiary/aromatic N) is 4. The number of rotatable bonds is 5. The molecule has 148 valence electrons. The standard InChI is InChI=1S/C20H25N5O3/c1-3-28-20(27)25-11-9-24(10-12-25)18-13-17(21-14-22-18)19(26)23-15(2)16-7-5-4-6-8-16/h4-8,13-15H,3,9-12H2,1-2H3,(H,23,26). The second-order valence-electron chi connectivity index (χ2n) is 6.54. The van der Waals surface area contributed by atoms with E-state index in [1.807, 2.05) is 42.2 Å². The van der Waals surface area contributed by atoms with Crippen molar-refractivity contribution >= 4 is 17.8 Å². The van der Waals surface area contributed by atoms with Crippen LogP contribution in [0.2, 0.25) is 0 Å². The zero-order valence-electron chi connectivity index (χ0n) is 16.2. The summed E-state index contributed by atoms with van der Waals surface area (Å²) in [4.78, 5) is 36.5. The summed E-state index contributed by atoms with van der Waals surface area (Å²) >= 11 is 0. The molecule has 1 aliphatic heterocycles. The van der Waals surface area contributed by atoms with Gasteiger partial charge in [0.1, 0.15) is 17.8 Å². The first kappa shape index (κ1) is 19.6. The Labute approximate surface area is 164 Å². The van der Waals surface area contributed by atoms with Gasteiger partial charge in [0.25, 0.3) is 5.91 Å². The molecule has 0 bridgehead atoms. The minimum Gasteiger partial charge on any atom is -0.450 e. The molecule has 1 aromatic heterocycles. The van der Waals surface area contributed by atoms with Crippen LogP contribution in [0.4, 0.5) is 10.6 Å². The number of hydrogen-bond donors (Lipinski definition) is 1. The lowest BCUT2D eigenvalue weighted by Gasteiger charge is -2.34. The Morgan fingerprint density at radius 1 is 1.14 bits per heavy atom. The molecule has 2 heterocycles. The van der Waals surface area contributed by atoms with Crippen molar-refractivity contribution in [3.63, 3.8) is 0 Å². The fourth-order valence-corrected chi connectivity index (χ4v) is 3.07. The van der Waals surface area contributed by atoms with Crippen molar-refractivity contribution in [1.82, 2.24) is 20.2 Å². The van der Waals surface area contributed by atoms with Crippen LogP contribution in [0, 0.1) is 0 Å². The van der Waals surface area contributed by atoms with Crippen LogP contribution in [0.3, 0.4) is 0 Å². The number of amides is 2. The van der Waals surface area contributed by atoms with Crippen molar-refractivity contribution in [2.75, 3.05) is 37.7 Å². The predicted octanol–water partition coefficient (Wildman–Crippen LogP) is 2.25. The van der Waals surface area contributed by atoms with E-state index in [2.05, 4.69) is 15.3 Å². The van der Waals surface area contributed by atoms with Crippen LogP contribution in [0.5, 0.6) is 0 Å². The highest BCUT2D eigenvalue weighted by atomic mass is 16.6. The Hall–Kier alpha value is -3.16. The molecular weight excluding hydrogens is 358 g/mol. The molecule has 2 aromatic rings. The summed E-state index contributed by atoms with van der Waals surface area (Å²) < 4.78 is 5.04. The zero-order valence-corrected chi connectivity index (χ0v) is 16.2. The summed E-state index contributed by atoms with van der Waals surface area (Å²) in [6, 6.07) is 11.3. The largest absolute Gasteiger partial charge is 0.450 e. The maximum Gasteiger partial charge on any atom is 0.409 e. The molecule has 8 heteroatoms. The fourth-order valence-electron chi connectivity index (χ4n) is 3.07. The molecule has 1 fully saturated rings. The van der Waals surface area contributed by atoms with Gasteiger partial charge in [-0.05, 0) is 19.4 Å². The van der Waals surface area contributed by atoms with Crippen molar-refractivity contribution in [3.8, 4) is 0 Å². The Balaban J connectivity index is 1.61. The molecule has 0 saturated carbocycles. The first-order chi connectivity index (χ1) is 13.6. The van der Waals surface area contributed by atoms with Gasteiger partial charge in [0.2, 0.25) is 0 Å². The number of nitrogens with one attached hydrogen (secondary N) is 1. The van der Waals surface area contributed by atoms with Gasteiger partial charge in [-0.1, -0.05) is 30.3 Å². The topological polar surface area (TPSA) is 87.7 Å². The quantitative estimate of drug-likeness (QED) is 0.852. The van der Waals surface area contributed by atoms with E-state index in [1.165, 1.54) is 6.33 Å². The maximum atomic E-state index is 12.6. The van der Waals surface area contributed by atoms with Gasteiger partial charge in [0.15, 0.2) is 0 Å². The predicted molar refractivity (Wildman–Crippen MR) is 105 cm³/mol. The van der Waals surface area contributed by atoms with Crippen LogP contribution in [-0.4, -0.2) is 59.7 Å². The maximum absolute atomic E-state index is 12.6. The zero-order chi connectivity index (χ0) is 19.9. The van der Waals surface area contributed by atoms with Gasteiger partial charge in [0, 0.05) is 32.2 Å². The fraction of sp³-hybridized carbons (Fsp3) is 0.400. The summed E-state index contributed by atoms with van der Waals surface area (Å²) in [5, 5.41) is 2.96. The molecule has 28 heavy (non-hydrogen) atoms. The summed E-state index contributed by atoms with van der Waals surface area (Å²) in [5.74, 6) is 0.432. The van der Waals surface area contributed by atoms with Crippen molar-refractivity contribution in [2.45, 2.75) is 19.9 Å². The summed E-state index contributed by atoms with van der Waals surface area (Å²) in [6.07, 6.45) is 1.11. The van der Waals surface area contributed by atoms with Crippen molar-refractivity contribution in [3.05, 3.63) is 54.0 Å². The Morgan fingerprint density at radius 2 is 1.86 bits per heavy atom. The summed E-state index contributed by atoms with van der Waals surface area (Å²) in [6.45, 7) is 6.44. The van der Waals surface area contributed by atoms with Crippen molar-refractivity contribution in [1.29, 1.82) is 0 Å². The van der Waals surface area contributed by atoms with Gasteiger partial charge in [-0.25, -0.2) is 14.8 Å². The number of carbonyl (C=O) groups is 2. The molecule has 1 aliphatic rings. The van der Waals surface area contributed by atoms with E-state index in [-0.39, 0.29) is 18.0 Å². The average Bonchev–Trinajstić information content (AvgIpc) is 2.74. The molecule has 0 aliphatic carbocycles.